The van der Waals surface area contributed by atoms with Gasteiger partial charge < -0.3 is 20.3 Å². The first-order chi connectivity index (χ1) is 12.0. The van der Waals surface area contributed by atoms with Crippen LogP contribution < -0.4 is 15.4 Å². The molecule has 0 radical (unpaired) electrons. The minimum absolute atomic E-state index is 0. The molecule has 2 rings (SSSR count). The number of guanidine groups is 1. The summed E-state index contributed by atoms with van der Waals surface area (Å²) in [6.07, 6.45) is 2.33. The number of nitrogens with one attached hydrogen (secondary N) is 2. The Hall–Kier alpha value is -1.02. The summed E-state index contributed by atoms with van der Waals surface area (Å²) in [6, 6.07) is 7.37. The number of aliphatic imine (C=N–C) groups is 1. The number of piperidine rings is 1. The molecule has 0 saturated carbocycles. The van der Waals surface area contributed by atoms with Gasteiger partial charge in [-0.05, 0) is 51.7 Å². The lowest BCUT2D eigenvalue weighted by Crippen LogP contribution is -2.50. The van der Waals surface area contributed by atoms with Gasteiger partial charge >= 0.3 is 0 Å². The maximum absolute atomic E-state index is 5.94. The smallest absolute Gasteiger partial charge is 0.191 e. The lowest BCUT2D eigenvalue weighted by Gasteiger charge is -2.35. The Labute approximate surface area is 176 Å². The third kappa shape index (κ3) is 6.95. The number of aryl methyl sites for hydroxylation is 2. The monoisotopic (exact) mass is 474 g/mol. The number of benzene rings is 1. The first kappa shape index (κ1) is 23.0. The highest BCUT2D eigenvalue weighted by atomic mass is 127. The van der Waals surface area contributed by atoms with Gasteiger partial charge in [0.15, 0.2) is 5.96 Å². The summed E-state index contributed by atoms with van der Waals surface area (Å²) >= 11 is 0. The van der Waals surface area contributed by atoms with E-state index >= 15 is 0 Å². The van der Waals surface area contributed by atoms with Gasteiger partial charge in [0.05, 0.1) is 6.54 Å². The summed E-state index contributed by atoms with van der Waals surface area (Å²) in [5.74, 6) is 1.86. The molecule has 5 nitrogen and oxygen atoms in total. The second-order valence-electron chi connectivity index (χ2n) is 7.12. The molecule has 26 heavy (non-hydrogen) atoms. The van der Waals surface area contributed by atoms with Crippen molar-refractivity contribution < 1.29 is 4.74 Å². The van der Waals surface area contributed by atoms with Gasteiger partial charge in [-0.25, -0.2) is 0 Å². The van der Waals surface area contributed by atoms with Crippen molar-refractivity contribution in [2.24, 2.45) is 4.99 Å². The van der Waals surface area contributed by atoms with Crippen molar-refractivity contribution in [2.45, 2.75) is 52.6 Å². The van der Waals surface area contributed by atoms with Crippen molar-refractivity contribution in [1.82, 2.24) is 15.5 Å². The quantitative estimate of drug-likeness (QED) is 0.288. The maximum Gasteiger partial charge on any atom is 0.191 e. The minimum Gasteiger partial charge on any atom is -0.491 e. The Kier molecular flexibility index (Phi) is 10.3. The van der Waals surface area contributed by atoms with Crippen molar-refractivity contribution in [3.63, 3.8) is 0 Å². The summed E-state index contributed by atoms with van der Waals surface area (Å²) in [7, 11) is 1.82. The van der Waals surface area contributed by atoms with Crippen molar-refractivity contribution in [3.8, 4) is 5.75 Å². The number of para-hydroxylation sites is 1. The minimum atomic E-state index is 0. The van der Waals surface area contributed by atoms with Gasteiger partial charge in [-0.15, -0.1) is 24.0 Å². The van der Waals surface area contributed by atoms with Gasteiger partial charge in [0.25, 0.3) is 0 Å². The molecule has 1 saturated heterocycles. The van der Waals surface area contributed by atoms with E-state index in [1.807, 2.05) is 7.05 Å². The molecule has 1 aromatic carbocycles. The van der Waals surface area contributed by atoms with Gasteiger partial charge in [0.2, 0.25) is 0 Å². The molecule has 1 aliphatic rings. The lowest BCUT2D eigenvalue weighted by molar-refractivity contribution is 0.167. The SMILES string of the molecule is CN=C(NCCOc1c(C)cccc1C)NC1CCN(C(C)C)CC1.I. The van der Waals surface area contributed by atoms with E-state index in [0.29, 0.717) is 18.7 Å². The van der Waals surface area contributed by atoms with E-state index < -0.39 is 0 Å². The van der Waals surface area contributed by atoms with Gasteiger partial charge in [0.1, 0.15) is 12.4 Å². The van der Waals surface area contributed by atoms with Crippen molar-refractivity contribution in [2.75, 3.05) is 33.3 Å². The van der Waals surface area contributed by atoms with Gasteiger partial charge in [-0.1, -0.05) is 18.2 Å². The fourth-order valence-corrected chi connectivity index (χ4v) is 3.30. The predicted octanol–water partition coefficient (Wildman–Crippen LogP) is 3.34. The fourth-order valence-electron chi connectivity index (χ4n) is 3.30. The van der Waals surface area contributed by atoms with Gasteiger partial charge in [0, 0.05) is 32.2 Å². The molecule has 1 aliphatic heterocycles. The number of hydrogen-bond donors (Lipinski definition) is 2. The van der Waals surface area contributed by atoms with Crippen LogP contribution in [0.2, 0.25) is 0 Å². The molecule has 148 valence electrons. The van der Waals surface area contributed by atoms with Crippen LogP contribution in [0.5, 0.6) is 5.75 Å². The normalized spacial score (nSPS) is 16.3. The molecule has 1 fully saturated rings. The standard InChI is InChI=1S/C20H34N4O.HI/c1-15(2)24-12-9-18(10-13-24)23-20(21-5)22-11-14-25-19-16(3)7-6-8-17(19)4;/h6-8,15,18H,9-14H2,1-5H3,(H2,21,22,23);1H. The second-order valence-corrected chi connectivity index (χ2v) is 7.12. The van der Waals surface area contributed by atoms with Gasteiger partial charge in [-0.2, -0.15) is 0 Å². The zero-order chi connectivity index (χ0) is 18.2. The van der Waals surface area contributed by atoms with Crippen LogP contribution >= 0.6 is 24.0 Å². The highest BCUT2D eigenvalue weighted by molar-refractivity contribution is 14.0. The summed E-state index contributed by atoms with van der Waals surface area (Å²) in [5.41, 5.74) is 2.36. The number of hydrogen-bond acceptors (Lipinski definition) is 3. The predicted molar refractivity (Wildman–Crippen MR) is 121 cm³/mol. The molecule has 1 aromatic rings. The number of rotatable bonds is 6. The van der Waals surface area contributed by atoms with Crippen LogP contribution in [0, 0.1) is 13.8 Å². The Bertz CT molecular complexity index is 549. The van der Waals surface area contributed by atoms with Crippen molar-refractivity contribution in [3.05, 3.63) is 29.3 Å². The van der Waals surface area contributed by atoms with Crippen LogP contribution in [-0.2, 0) is 0 Å². The van der Waals surface area contributed by atoms with Crippen LogP contribution in [0.1, 0.15) is 37.8 Å². The molecule has 0 spiro atoms. The van der Waals surface area contributed by atoms with E-state index in [1.54, 1.807) is 0 Å². The van der Waals surface area contributed by atoms with Crippen molar-refractivity contribution >= 4 is 29.9 Å². The molecule has 0 amide bonds. The van der Waals surface area contributed by atoms with Crippen molar-refractivity contribution in [1.29, 1.82) is 0 Å². The van der Waals surface area contributed by atoms with Crippen LogP contribution in [0.4, 0.5) is 0 Å². The Morgan fingerprint density at radius 1 is 1.23 bits per heavy atom. The largest absolute Gasteiger partial charge is 0.491 e. The average Bonchev–Trinajstić information content (AvgIpc) is 2.60. The number of likely N-dealkylation sites (tertiary alicyclic amines) is 1. The average molecular weight is 474 g/mol. The number of nitrogens with zero attached hydrogens (tertiary/aromatic N) is 2. The molecule has 0 atom stereocenters. The van der Waals surface area contributed by atoms with E-state index in [-0.39, 0.29) is 24.0 Å². The number of ether oxygens (including phenoxy) is 1. The zero-order valence-electron chi connectivity index (χ0n) is 16.8. The van der Waals surface area contributed by atoms with E-state index in [4.69, 9.17) is 4.74 Å². The van der Waals surface area contributed by atoms with Crippen LogP contribution in [0.15, 0.2) is 23.2 Å². The molecular weight excluding hydrogens is 439 g/mol. The highest BCUT2D eigenvalue weighted by Gasteiger charge is 2.21. The third-order valence-corrected chi connectivity index (χ3v) is 4.87. The maximum atomic E-state index is 5.94. The van der Waals surface area contributed by atoms with Crippen LogP contribution in [-0.4, -0.2) is 56.2 Å². The molecule has 0 aliphatic carbocycles. The summed E-state index contributed by atoms with van der Waals surface area (Å²) < 4.78 is 5.94. The third-order valence-electron chi connectivity index (χ3n) is 4.87. The molecular formula is C20H35IN4O. The van der Waals surface area contributed by atoms with E-state index in [9.17, 15) is 0 Å². The summed E-state index contributed by atoms with van der Waals surface area (Å²) in [6.45, 7) is 12.4. The number of halogens is 1. The van der Waals surface area contributed by atoms with E-state index in [0.717, 1.165) is 44.2 Å². The summed E-state index contributed by atoms with van der Waals surface area (Å²) in [4.78, 5) is 6.88. The lowest BCUT2D eigenvalue weighted by atomic mass is 10.0. The molecule has 0 bridgehead atoms. The highest BCUT2D eigenvalue weighted by Crippen LogP contribution is 2.21. The topological polar surface area (TPSA) is 48.9 Å². The Morgan fingerprint density at radius 3 is 2.38 bits per heavy atom. The first-order valence-electron chi connectivity index (χ1n) is 9.41. The first-order valence-corrected chi connectivity index (χ1v) is 9.41. The fraction of sp³-hybridized carbons (Fsp3) is 0.650. The van der Waals surface area contributed by atoms with Crippen LogP contribution in [0.25, 0.3) is 0 Å². The Morgan fingerprint density at radius 2 is 1.85 bits per heavy atom. The zero-order valence-corrected chi connectivity index (χ0v) is 19.2. The molecule has 0 unspecified atom stereocenters. The van der Waals surface area contributed by atoms with Gasteiger partial charge in [-0.3, -0.25) is 4.99 Å². The molecule has 2 N–H and O–H groups in total. The molecule has 1 heterocycles. The Balaban J connectivity index is 0.00000338. The molecule has 6 heteroatoms. The molecule has 0 aromatic heterocycles. The summed E-state index contributed by atoms with van der Waals surface area (Å²) in [5, 5.41) is 6.90. The van der Waals surface area contributed by atoms with Crippen LogP contribution in [0.3, 0.4) is 0 Å². The second kappa shape index (κ2) is 11.6. The van der Waals surface area contributed by atoms with E-state index in [1.165, 1.54) is 11.1 Å². The van der Waals surface area contributed by atoms with E-state index in [2.05, 4.69) is 66.4 Å².